The molecular formula is C90H116ClN15O14S2. The second-order valence-electron chi connectivity index (χ2n) is 35.7. The van der Waals surface area contributed by atoms with Gasteiger partial charge in [0.05, 0.1) is 85.8 Å². The van der Waals surface area contributed by atoms with Gasteiger partial charge < -0.3 is 70.4 Å². The Bertz CT molecular complexity index is 4840. The van der Waals surface area contributed by atoms with Gasteiger partial charge >= 0.3 is 5.97 Å². The average Bonchev–Trinajstić information content (AvgIpc) is 0.732. The van der Waals surface area contributed by atoms with Gasteiger partial charge in [0, 0.05) is 133 Å². The van der Waals surface area contributed by atoms with Crippen LogP contribution < -0.4 is 35.8 Å². The van der Waals surface area contributed by atoms with Crippen LogP contribution in [0.25, 0.3) is 20.9 Å². The number of carbonyl (C=O) groups is 8. The summed E-state index contributed by atoms with van der Waals surface area (Å²) in [4.78, 5) is 138. The maximum absolute atomic E-state index is 14.1. The van der Waals surface area contributed by atoms with E-state index in [1.54, 1.807) is 59.2 Å². The number of aromatic carboxylic acids is 1. The number of hydrogen-bond acceptors (Lipinski definition) is 24. The van der Waals surface area contributed by atoms with E-state index in [1.807, 2.05) is 141 Å². The number of aromatic nitrogens is 4. The van der Waals surface area contributed by atoms with E-state index in [0.717, 1.165) is 107 Å². The highest BCUT2D eigenvalue weighted by atomic mass is 35.5. The summed E-state index contributed by atoms with van der Waals surface area (Å²) < 4.78 is 17.9. The predicted octanol–water partition coefficient (Wildman–Crippen LogP) is 9.97. The van der Waals surface area contributed by atoms with Gasteiger partial charge in [-0.25, -0.2) is 24.7 Å². The van der Waals surface area contributed by atoms with Gasteiger partial charge in [0.15, 0.2) is 5.78 Å². The number of thiazole rings is 2. The molecule has 0 radical (unpaired) electrons. The lowest BCUT2D eigenvalue weighted by atomic mass is 9.44. The molecule has 4 aliphatic heterocycles. The fourth-order valence-corrected chi connectivity index (χ4v) is 18.9. The summed E-state index contributed by atoms with van der Waals surface area (Å²) in [5, 5.41) is 51.7. The van der Waals surface area contributed by atoms with Gasteiger partial charge in [0.25, 0.3) is 0 Å². The number of aliphatic hydroxyl groups is 2. The zero-order valence-electron chi connectivity index (χ0n) is 72.1. The summed E-state index contributed by atoms with van der Waals surface area (Å²) in [5.74, 6) is -1.25. The number of nitrogens with zero attached hydrogens (tertiary/aromatic N) is 11. The summed E-state index contributed by atoms with van der Waals surface area (Å²) in [6.07, 6.45) is 1.68. The molecular weight excluding hydrogens is 1610 g/mol. The monoisotopic (exact) mass is 1730 g/mol. The number of aliphatic hydroxyl groups excluding tert-OH is 2. The summed E-state index contributed by atoms with van der Waals surface area (Å²) in [6, 6.07) is 25.7. The van der Waals surface area contributed by atoms with Gasteiger partial charge in [-0.3, -0.25) is 43.4 Å². The molecule has 5 fully saturated rings. The number of carboxylic acids is 1. The number of hydrogen-bond donors (Lipinski definition) is 7. The quantitative estimate of drug-likeness (QED) is 0.0162. The maximum Gasteiger partial charge on any atom is 0.337 e. The van der Waals surface area contributed by atoms with E-state index in [9.17, 15) is 53.8 Å². The van der Waals surface area contributed by atoms with Crippen LogP contribution in [0, 0.1) is 52.8 Å². The summed E-state index contributed by atoms with van der Waals surface area (Å²) >= 11 is 9.41. The Morgan fingerprint density at radius 3 is 1.36 bits per heavy atom. The molecule has 5 aliphatic rings. The van der Waals surface area contributed by atoms with E-state index < -0.39 is 76.8 Å². The molecule has 32 heteroatoms. The molecule has 654 valence electrons. The Kier molecular flexibility index (Phi) is 30.6. The number of piperazine rings is 2. The highest BCUT2D eigenvalue weighted by Gasteiger charge is 2.63. The van der Waals surface area contributed by atoms with Crippen LogP contribution in [0.1, 0.15) is 163 Å². The first-order valence-corrected chi connectivity index (χ1v) is 43.8. The number of rotatable bonds is 30. The van der Waals surface area contributed by atoms with Crippen LogP contribution in [0.3, 0.4) is 0 Å². The number of halogens is 1. The number of pyridine rings is 2. The lowest BCUT2D eigenvalue weighted by Crippen LogP contribution is -2.66. The minimum atomic E-state index is -1.01. The van der Waals surface area contributed by atoms with Gasteiger partial charge in [-0.05, 0) is 103 Å². The van der Waals surface area contributed by atoms with Crippen molar-refractivity contribution in [1.29, 1.82) is 5.26 Å². The maximum atomic E-state index is 14.1. The SMILES string of the molecule is Cc1ncsc1-c1ccc([C@H](C)NC(=O)[C@@H]2C[C@@H](O)CN2C(=O)[C@@H](NC(=O)COCCN2CCN(c3ccc(C(=O)CC4C(C)(C)C(Oc5ccc(C#N)c(Cl)c5)C4(C)C)cn3)CC2)C(C)(C)C)cc1.Cc1ncsc1-c1ccc([C@H](C)NC(=O)[C@@H]2C[C@@H](O)CN2C(=O)[C@@H](NC(=O)COCCN2CCN(c3ccc(C(=O)O)cn3)CC2)C(C)(C)C)cc1. The number of aryl methyl sites for hydroxylation is 2. The van der Waals surface area contributed by atoms with E-state index >= 15 is 0 Å². The van der Waals surface area contributed by atoms with E-state index in [-0.39, 0.29) is 97.2 Å². The number of likely N-dealkylation sites (tertiary alicyclic amines) is 2. The summed E-state index contributed by atoms with van der Waals surface area (Å²) in [7, 11) is 0. The fourth-order valence-electron chi connectivity index (χ4n) is 17.1. The Hall–Kier alpha value is -9.88. The van der Waals surface area contributed by atoms with Gasteiger partial charge in [-0.2, -0.15) is 5.26 Å². The topological polar surface area (TPSA) is 368 Å². The second-order valence-corrected chi connectivity index (χ2v) is 37.8. The number of β-amino-alcohol motifs (C(OH)–C–C–N with tert-alkyl or cyclic N) is 2. The first-order valence-electron chi connectivity index (χ1n) is 41.6. The summed E-state index contributed by atoms with van der Waals surface area (Å²) in [5.41, 5.74) is 8.61. The first-order chi connectivity index (χ1) is 57.8. The van der Waals surface area contributed by atoms with E-state index in [1.165, 1.54) is 16.0 Å². The van der Waals surface area contributed by atoms with Crippen molar-refractivity contribution in [2.75, 3.05) is 115 Å². The largest absolute Gasteiger partial charge is 0.489 e. The van der Waals surface area contributed by atoms with Crippen molar-refractivity contribution < 1.29 is 67.9 Å². The van der Waals surface area contributed by atoms with Gasteiger partial charge in [-0.15, -0.1) is 22.7 Å². The molecule has 0 unspecified atom stereocenters. The molecule has 3 aromatic carbocycles. The number of Topliss-reactive ketones (excluding diaryl/α,β-unsaturated/α-hetero) is 1. The zero-order chi connectivity index (χ0) is 88.3. The molecule has 4 saturated heterocycles. The molecule has 12 rings (SSSR count). The second kappa shape index (κ2) is 40.2. The van der Waals surface area contributed by atoms with Crippen LogP contribution in [0.2, 0.25) is 5.02 Å². The predicted molar refractivity (Wildman–Crippen MR) is 468 cm³/mol. The molecule has 0 spiro atoms. The Morgan fingerprint density at radius 1 is 0.582 bits per heavy atom. The number of anilines is 2. The number of ketones is 1. The van der Waals surface area contributed by atoms with Crippen LogP contribution in [-0.2, 0) is 38.2 Å². The molecule has 29 nitrogen and oxygen atoms in total. The standard InChI is InChI=1S/C53H67ClN8O7S.C37H49N7O7S/c1-32(34-10-12-35(13-11-34)46-33(2)57-31-70-46)58-48(66)41-24-38(63)29-62(41)49(67)47(51(3,4)5)59-45(65)30-68-23-22-60-18-20-61(21-19-60)44-17-15-37(28-56-44)42(64)26-43-52(6,7)50(53(43,8)9)69-39-16-14-36(27-55)40(54)25-39;1-23(25-6-8-26(9-7-25)32-24(2)39-22-52-32)40-34(47)29-18-28(45)20-44(29)35(48)33(37(3,4)5)41-31(46)21-51-17-16-42-12-14-43(15-13-42)30-11-10-27(19-38-30)36(49)50/h10-17,25,28,31-32,38,41,43,47,50,63H,18-24,26,29-30H2,1-9H3,(H,58,66)(H,59,65);6-11,19,22-23,28-29,33,45H,12-18,20-21H2,1-5H3,(H,40,47)(H,41,46)(H,49,50)/t32-,38+,41-,43?,47+,50?;23-,28+,29-,33+/m00/s1. The number of nitrogens with one attached hydrogen (secondary N) is 4. The van der Waals surface area contributed by atoms with Crippen LogP contribution in [0.15, 0.2) is 114 Å². The van der Waals surface area contributed by atoms with Crippen molar-refractivity contribution in [3.63, 3.8) is 0 Å². The molecule has 1 aliphatic carbocycles. The highest BCUT2D eigenvalue weighted by molar-refractivity contribution is 7.13. The molecule has 0 bridgehead atoms. The number of ether oxygens (including phenoxy) is 3. The normalized spacial score (nSPS) is 20.7. The van der Waals surface area contributed by atoms with Gasteiger partial charge in [0.1, 0.15) is 66.9 Å². The third kappa shape index (κ3) is 22.9. The van der Waals surface area contributed by atoms with E-state index in [4.69, 9.17) is 30.9 Å². The third-order valence-corrected chi connectivity index (χ3v) is 26.3. The smallest absolute Gasteiger partial charge is 0.337 e. The molecule has 8 heterocycles. The Labute approximate surface area is 727 Å². The van der Waals surface area contributed by atoms with Gasteiger partial charge in [0.2, 0.25) is 35.4 Å². The van der Waals surface area contributed by atoms with Crippen molar-refractivity contribution in [2.45, 2.75) is 171 Å². The Balaban J connectivity index is 0.000000249. The zero-order valence-corrected chi connectivity index (χ0v) is 74.5. The highest BCUT2D eigenvalue weighted by Crippen LogP contribution is 2.62. The molecule has 122 heavy (non-hydrogen) atoms. The molecule has 7 N–H and O–H groups in total. The van der Waals surface area contributed by atoms with Gasteiger partial charge in [-0.1, -0.05) is 129 Å². The lowest BCUT2D eigenvalue weighted by molar-refractivity contribution is -0.196. The van der Waals surface area contributed by atoms with Crippen molar-refractivity contribution in [3.8, 4) is 32.7 Å². The number of carbonyl (C=O) groups excluding carboxylic acids is 7. The van der Waals surface area contributed by atoms with E-state index in [0.29, 0.717) is 54.6 Å². The minimum absolute atomic E-state index is 0.00980. The first kappa shape index (κ1) is 92.8. The minimum Gasteiger partial charge on any atom is -0.489 e. The Morgan fingerprint density at radius 2 is 1.00 bits per heavy atom. The van der Waals surface area contributed by atoms with Crippen LogP contribution >= 0.6 is 34.3 Å². The number of benzene rings is 3. The number of nitriles is 1. The van der Waals surface area contributed by atoms with Crippen molar-refractivity contribution in [2.24, 2.45) is 27.6 Å². The number of amides is 6. The molecule has 4 aromatic heterocycles. The summed E-state index contributed by atoms with van der Waals surface area (Å²) in [6.45, 7) is 34.6. The molecule has 1 saturated carbocycles. The van der Waals surface area contributed by atoms with Crippen molar-refractivity contribution in [3.05, 3.63) is 159 Å². The van der Waals surface area contributed by atoms with Crippen molar-refractivity contribution in [1.82, 2.24) is 60.8 Å². The fraction of sp³-hybridized carbons (Fsp3) is 0.522. The number of carboxylic acid groups (broad SMARTS) is 1. The molecule has 8 atom stereocenters. The van der Waals surface area contributed by atoms with Crippen LogP contribution in [0.4, 0.5) is 11.6 Å². The van der Waals surface area contributed by atoms with Crippen LogP contribution in [-0.4, -0.2) is 249 Å². The van der Waals surface area contributed by atoms with Crippen molar-refractivity contribution >= 4 is 93.1 Å². The average molecular weight is 1730 g/mol. The lowest BCUT2D eigenvalue weighted by Gasteiger charge is -2.63. The van der Waals surface area contributed by atoms with Crippen LogP contribution in [0.5, 0.6) is 5.75 Å². The van der Waals surface area contributed by atoms with E-state index in [2.05, 4.69) is 94.6 Å². The molecule has 6 amide bonds. The molecule has 7 aromatic rings. The third-order valence-electron chi connectivity index (χ3n) is 24.0.